The zero-order valence-electron chi connectivity index (χ0n) is 11.6. The first-order chi connectivity index (χ1) is 10.1. The number of carbonyl (C=O) groups excluding carboxylic acids is 1. The average molecular weight is 293 g/mol. The van der Waals surface area contributed by atoms with E-state index in [9.17, 15) is 13.6 Å². The van der Waals surface area contributed by atoms with Crippen molar-refractivity contribution in [2.75, 3.05) is 26.2 Å². The highest BCUT2D eigenvalue weighted by atomic mass is 19.1. The van der Waals surface area contributed by atoms with E-state index in [0.717, 1.165) is 19.2 Å². The van der Waals surface area contributed by atoms with Gasteiger partial charge in [0, 0.05) is 38.4 Å². The SMILES string of the molecule is O=C(N1CCNCC1)N1C=CC[C@H]1c1cc(F)cc(F)c1. The predicted molar refractivity (Wildman–Crippen MR) is 74.5 cm³/mol. The topological polar surface area (TPSA) is 35.6 Å². The first-order valence-electron chi connectivity index (χ1n) is 7.06. The van der Waals surface area contributed by atoms with Crippen molar-refractivity contribution in [3.63, 3.8) is 0 Å². The molecule has 1 saturated heterocycles. The van der Waals surface area contributed by atoms with Crippen LogP contribution in [-0.2, 0) is 0 Å². The van der Waals surface area contributed by atoms with E-state index in [4.69, 9.17) is 0 Å². The molecule has 1 aromatic carbocycles. The van der Waals surface area contributed by atoms with Crippen LogP contribution >= 0.6 is 0 Å². The van der Waals surface area contributed by atoms with E-state index in [-0.39, 0.29) is 12.1 Å². The van der Waals surface area contributed by atoms with E-state index in [1.807, 2.05) is 6.08 Å². The number of nitrogens with zero attached hydrogens (tertiary/aromatic N) is 2. The average Bonchev–Trinajstić information content (AvgIpc) is 2.96. The fourth-order valence-corrected chi connectivity index (χ4v) is 2.80. The highest BCUT2D eigenvalue weighted by Crippen LogP contribution is 2.32. The highest BCUT2D eigenvalue weighted by molar-refractivity contribution is 5.76. The Morgan fingerprint density at radius 1 is 1.14 bits per heavy atom. The van der Waals surface area contributed by atoms with Gasteiger partial charge in [-0.15, -0.1) is 0 Å². The lowest BCUT2D eigenvalue weighted by atomic mass is 10.0. The van der Waals surface area contributed by atoms with E-state index in [1.165, 1.54) is 12.1 Å². The molecule has 1 N–H and O–H groups in total. The van der Waals surface area contributed by atoms with Crippen molar-refractivity contribution in [3.05, 3.63) is 47.7 Å². The fraction of sp³-hybridized carbons (Fsp3) is 0.400. The number of hydrogen-bond donors (Lipinski definition) is 1. The minimum Gasteiger partial charge on any atom is -0.322 e. The van der Waals surface area contributed by atoms with E-state index in [0.29, 0.717) is 25.1 Å². The van der Waals surface area contributed by atoms with Gasteiger partial charge in [0.25, 0.3) is 0 Å². The lowest BCUT2D eigenvalue weighted by Crippen LogP contribution is -2.50. The quantitative estimate of drug-likeness (QED) is 0.862. The third kappa shape index (κ3) is 2.90. The first kappa shape index (κ1) is 14.0. The number of halogens is 2. The van der Waals surface area contributed by atoms with Crippen molar-refractivity contribution >= 4 is 6.03 Å². The van der Waals surface area contributed by atoms with Crippen molar-refractivity contribution in [1.82, 2.24) is 15.1 Å². The predicted octanol–water partition coefficient (Wildman–Crippen LogP) is 2.25. The van der Waals surface area contributed by atoms with Crippen LogP contribution < -0.4 is 5.32 Å². The number of nitrogens with one attached hydrogen (secondary N) is 1. The molecule has 0 aliphatic carbocycles. The number of hydrogen-bond acceptors (Lipinski definition) is 2. The number of amides is 2. The number of carbonyl (C=O) groups is 1. The summed E-state index contributed by atoms with van der Waals surface area (Å²) in [6.45, 7) is 2.83. The third-order valence-corrected chi connectivity index (χ3v) is 3.84. The van der Waals surface area contributed by atoms with E-state index < -0.39 is 11.6 Å². The molecule has 0 unspecified atom stereocenters. The summed E-state index contributed by atoms with van der Waals surface area (Å²) >= 11 is 0. The van der Waals surface area contributed by atoms with Crippen molar-refractivity contribution in [2.45, 2.75) is 12.5 Å². The Morgan fingerprint density at radius 2 is 1.81 bits per heavy atom. The Hall–Kier alpha value is -1.95. The van der Waals surface area contributed by atoms with Crippen LogP contribution in [0.4, 0.5) is 13.6 Å². The zero-order valence-corrected chi connectivity index (χ0v) is 11.6. The molecule has 1 aromatic rings. The molecule has 0 radical (unpaired) electrons. The molecule has 112 valence electrons. The molecule has 0 saturated carbocycles. The molecule has 2 aliphatic heterocycles. The molecule has 0 bridgehead atoms. The number of benzene rings is 1. The summed E-state index contributed by atoms with van der Waals surface area (Å²) in [5, 5.41) is 3.19. The Labute approximate surface area is 122 Å². The van der Waals surface area contributed by atoms with Gasteiger partial charge < -0.3 is 10.2 Å². The molecule has 21 heavy (non-hydrogen) atoms. The van der Waals surface area contributed by atoms with Crippen molar-refractivity contribution in [2.24, 2.45) is 0 Å². The molecular weight excluding hydrogens is 276 g/mol. The molecule has 3 rings (SSSR count). The number of urea groups is 1. The lowest BCUT2D eigenvalue weighted by molar-refractivity contribution is 0.153. The monoisotopic (exact) mass is 293 g/mol. The highest BCUT2D eigenvalue weighted by Gasteiger charge is 2.30. The zero-order chi connectivity index (χ0) is 14.8. The Morgan fingerprint density at radius 3 is 2.48 bits per heavy atom. The summed E-state index contributed by atoms with van der Waals surface area (Å²) in [6, 6.07) is 2.98. The van der Waals surface area contributed by atoms with Gasteiger partial charge in [-0.25, -0.2) is 13.6 Å². The first-order valence-corrected chi connectivity index (χ1v) is 7.06. The third-order valence-electron chi connectivity index (χ3n) is 3.84. The van der Waals surface area contributed by atoms with Gasteiger partial charge >= 0.3 is 6.03 Å². The lowest BCUT2D eigenvalue weighted by Gasteiger charge is -2.33. The standard InChI is InChI=1S/C15H17F2N3O/c16-12-8-11(9-13(17)10-12)14-2-1-5-20(14)15(21)19-6-3-18-4-7-19/h1,5,8-10,14,18H,2-4,6-7H2/t14-/m0/s1. The second-order valence-electron chi connectivity index (χ2n) is 5.27. The van der Waals surface area contributed by atoms with Crippen LogP contribution in [0.15, 0.2) is 30.5 Å². The molecule has 0 aromatic heterocycles. The summed E-state index contributed by atoms with van der Waals surface area (Å²) in [5.41, 5.74) is 0.487. The molecule has 2 aliphatic rings. The maximum atomic E-state index is 13.4. The molecule has 6 heteroatoms. The minimum atomic E-state index is -0.619. The second kappa shape index (κ2) is 5.81. The van der Waals surface area contributed by atoms with Crippen LogP contribution in [0.2, 0.25) is 0 Å². The van der Waals surface area contributed by atoms with Gasteiger partial charge in [0.2, 0.25) is 0 Å². The summed E-state index contributed by atoms with van der Waals surface area (Å²) < 4.78 is 26.8. The van der Waals surface area contributed by atoms with Gasteiger partial charge in [-0.3, -0.25) is 4.90 Å². The maximum Gasteiger partial charge on any atom is 0.324 e. The van der Waals surface area contributed by atoms with Gasteiger partial charge in [-0.1, -0.05) is 6.08 Å². The van der Waals surface area contributed by atoms with Crippen LogP contribution in [0, 0.1) is 11.6 Å². The Bertz CT molecular complexity index is 550. The molecular formula is C15H17F2N3O. The second-order valence-corrected chi connectivity index (χ2v) is 5.27. The fourth-order valence-electron chi connectivity index (χ4n) is 2.80. The smallest absolute Gasteiger partial charge is 0.322 e. The molecule has 2 amide bonds. The number of rotatable bonds is 1. The van der Waals surface area contributed by atoms with Gasteiger partial charge in [0.05, 0.1) is 6.04 Å². The van der Waals surface area contributed by atoms with Crippen LogP contribution in [0.3, 0.4) is 0 Å². The van der Waals surface area contributed by atoms with Crippen molar-refractivity contribution < 1.29 is 13.6 Å². The normalized spacial score (nSPS) is 21.9. The molecule has 1 fully saturated rings. The Kier molecular flexibility index (Phi) is 3.88. The van der Waals surface area contributed by atoms with Crippen molar-refractivity contribution in [3.8, 4) is 0 Å². The van der Waals surface area contributed by atoms with E-state index >= 15 is 0 Å². The van der Waals surface area contributed by atoms with Crippen LogP contribution in [0.1, 0.15) is 18.0 Å². The van der Waals surface area contributed by atoms with E-state index in [2.05, 4.69) is 5.32 Å². The van der Waals surface area contributed by atoms with Crippen LogP contribution in [-0.4, -0.2) is 42.0 Å². The summed E-state index contributed by atoms with van der Waals surface area (Å²) in [7, 11) is 0. The Balaban J connectivity index is 1.81. The molecule has 1 atom stereocenters. The van der Waals surface area contributed by atoms with Crippen LogP contribution in [0.25, 0.3) is 0 Å². The largest absolute Gasteiger partial charge is 0.324 e. The van der Waals surface area contributed by atoms with Gasteiger partial charge in [-0.2, -0.15) is 0 Å². The summed E-state index contributed by atoms with van der Waals surface area (Å²) in [5.74, 6) is -1.24. The molecule has 0 spiro atoms. The van der Waals surface area contributed by atoms with Gasteiger partial charge in [0.15, 0.2) is 0 Å². The maximum absolute atomic E-state index is 13.4. The van der Waals surface area contributed by atoms with E-state index in [1.54, 1.807) is 16.0 Å². The molecule has 4 nitrogen and oxygen atoms in total. The van der Waals surface area contributed by atoms with Gasteiger partial charge in [0.1, 0.15) is 11.6 Å². The van der Waals surface area contributed by atoms with Crippen molar-refractivity contribution in [1.29, 1.82) is 0 Å². The number of piperazine rings is 1. The minimum absolute atomic E-state index is 0.111. The van der Waals surface area contributed by atoms with Gasteiger partial charge in [-0.05, 0) is 24.1 Å². The summed E-state index contributed by atoms with van der Waals surface area (Å²) in [4.78, 5) is 15.9. The molecule has 2 heterocycles. The van der Waals surface area contributed by atoms with Crippen LogP contribution in [0.5, 0.6) is 0 Å². The summed E-state index contributed by atoms with van der Waals surface area (Å²) in [6.07, 6.45) is 4.13.